The molecule has 0 radical (unpaired) electrons. The maximum Gasteiger partial charge on any atom is 0.223 e. The molecule has 0 atom stereocenters. The van der Waals surface area contributed by atoms with E-state index in [9.17, 15) is 9.59 Å². The highest BCUT2D eigenvalue weighted by Crippen LogP contribution is 2.30. The lowest BCUT2D eigenvalue weighted by molar-refractivity contribution is -0.130. The molecule has 2 saturated carbocycles. The minimum absolute atomic E-state index is 0.0323. The largest absolute Gasteiger partial charge is 0.467 e. The van der Waals surface area contributed by atoms with Gasteiger partial charge in [-0.1, -0.05) is 0 Å². The molecule has 0 aliphatic heterocycles. The van der Waals surface area contributed by atoms with Crippen LogP contribution in [-0.2, 0) is 16.1 Å². The Kier molecular flexibility index (Phi) is 4.27. The topological polar surface area (TPSA) is 71.3 Å². The highest BCUT2D eigenvalue weighted by Gasteiger charge is 2.32. The molecule has 2 N–H and O–H groups in total. The fourth-order valence-corrected chi connectivity index (χ4v) is 2.90. The summed E-state index contributed by atoms with van der Waals surface area (Å²) in [6.07, 6.45) is 7.08. The van der Waals surface area contributed by atoms with Crippen molar-refractivity contribution in [1.82, 2.24) is 10.6 Å². The normalized spacial score (nSPS) is 25.3. The molecule has 0 spiro atoms. The van der Waals surface area contributed by atoms with Crippen molar-refractivity contribution in [3.8, 4) is 0 Å². The van der Waals surface area contributed by atoms with Gasteiger partial charge >= 0.3 is 0 Å². The Bertz CT molecular complexity index is 486. The van der Waals surface area contributed by atoms with Crippen LogP contribution in [0.5, 0.6) is 0 Å². The SMILES string of the molecule is O=C(NCc1ccco1)C1CCC(C(=O)NC2CC2)CC1. The van der Waals surface area contributed by atoms with Crippen molar-refractivity contribution in [2.45, 2.75) is 51.1 Å². The molecule has 2 amide bonds. The number of rotatable bonds is 5. The van der Waals surface area contributed by atoms with E-state index in [1.54, 1.807) is 6.26 Å². The summed E-state index contributed by atoms with van der Waals surface area (Å²) in [5.41, 5.74) is 0. The molecule has 5 heteroatoms. The van der Waals surface area contributed by atoms with Crippen molar-refractivity contribution in [3.63, 3.8) is 0 Å². The van der Waals surface area contributed by atoms with Gasteiger partial charge in [-0.25, -0.2) is 0 Å². The number of hydrogen-bond acceptors (Lipinski definition) is 3. The van der Waals surface area contributed by atoms with E-state index in [0.717, 1.165) is 44.3 Å². The van der Waals surface area contributed by atoms with Crippen LogP contribution in [0.15, 0.2) is 22.8 Å². The second kappa shape index (κ2) is 6.33. The summed E-state index contributed by atoms with van der Waals surface area (Å²) in [5.74, 6) is 1.16. The Labute approximate surface area is 124 Å². The molecule has 3 rings (SSSR count). The van der Waals surface area contributed by atoms with Gasteiger partial charge < -0.3 is 15.1 Å². The monoisotopic (exact) mass is 290 g/mol. The van der Waals surface area contributed by atoms with Gasteiger partial charge in [0.1, 0.15) is 5.76 Å². The average molecular weight is 290 g/mol. The van der Waals surface area contributed by atoms with Gasteiger partial charge in [-0.15, -0.1) is 0 Å². The zero-order chi connectivity index (χ0) is 14.7. The first kappa shape index (κ1) is 14.2. The molecule has 0 aromatic carbocycles. The first-order valence-electron chi connectivity index (χ1n) is 7.83. The van der Waals surface area contributed by atoms with E-state index in [0.29, 0.717) is 12.6 Å². The van der Waals surface area contributed by atoms with E-state index < -0.39 is 0 Å². The van der Waals surface area contributed by atoms with Crippen molar-refractivity contribution in [2.75, 3.05) is 0 Å². The zero-order valence-corrected chi connectivity index (χ0v) is 12.1. The van der Waals surface area contributed by atoms with Crippen LogP contribution in [0.25, 0.3) is 0 Å². The van der Waals surface area contributed by atoms with E-state index in [1.165, 1.54) is 0 Å². The van der Waals surface area contributed by atoms with E-state index in [1.807, 2.05) is 12.1 Å². The number of amides is 2. The third-order valence-electron chi connectivity index (χ3n) is 4.41. The molecule has 2 fully saturated rings. The van der Waals surface area contributed by atoms with Crippen molar-refractivity contribution >= 4 is 11.8 Å². The van der Waals surface area contributed by atoms with Crippen LogP contribution >= 0.6 is 0 Å². The Morgan fingerprint density at radius 2 is 1.71 bits per heavy atom. The number of hydrogen-bond donors (Lipinski definition) is 2. The summed E-state index contributed by atoms with van der Waals surface area (Å²) in [6, 6.07) is 4.08. The first-order chi connectivity index (χ1) is 10.2. The average Bonchev–Trinajstić information content (AvgIpc) is 3.16. The van der Waals surface area contributed by atoms with Gasteiger partial charge in [0.05, 0.1) is 12.8 Å². The third kappa shape index (κ3) is 3.86. The summed E-state index contributed by atoms with van der Waals surface area (Å²) >= 11 is 0. The Morgan fingerprint density at radius 1 is 1.05 bits per heavy atom. The van der Waals surface area contributed by atoms with Gasteiger partial charge in [-0.05, 0) is 50.7 Å². The molecule has 5 nitrogen and oxygen atoms in total. The number of furan rings is 1. The molecule has 1 heterocycles. The quantitative estimate of drug-likeness (QED) is 0.871. The standard InChI is InChI=1S/C16H22N2O3/c19-15(17-10-14-2-1-9-21-14)11-3-5-12(6-4-11)16(20)18-13-7-8-13/h1-2,9,11-13H,3-8,10H2,(H,17,19)(H,18,20). The van der Waals surface area contributed by atoms with E-state index in [4.69, 9.17) is 4.42 Å². The number of carbonyl (C=O) groups excluding carboxylic acids is 2. The lowest BCUT2D eigenvalue weighted by Crippen LogP contribution is -2.38. The summed E-state index contributed by atoms with van der Waals surface area (Å²) in [6.45, 7) is 0.438. The summed E-state index contributed by atoms with van der Waals surface area (Å²) < 4.78 is 5.19. The summed E-state index contributed by atoms with van der Waals surface area (Å²) in [7, 11) is 0. The highest BCUT2D eigenvalue weighted by atomic mass is 16.3. The number of carbonyl (C=O) groups is 2. The molecule has 21 heavy (non-hydrogen) atoms. The van der Waals surface area contributed by atoms with Gasteiger partial charge in [0.2, 0.25) is 11.8 Å². The number of nitrogens with one attached hydrogen (secondary N) is 2. The van der Waals surface area contributed by atoms with Crippen molar-refractivity contribution in [2.24, 2.45) is 11.8 Å². The van der Waals surface area contributed by atoms with Crippen LogP contribution < -0.4 is 10.6 Å². The van der Waals surface area contributed by atoms with Crippen molar-refractivity contribution in [3.05, 3.63) is 24.2 Å². The molecule has 0 unspecified atom stereocenters. The van der Waals surface area contributed by atoms with E-state index in [-0.39, 0.29) is 23.7 Å². The fraction of sp³-hybridized carbons (Fsp3) is 0.625. The van der Waals surface area contributed by atoms with Crippen LogP contribution in [-0.4, -0.2) is 17.9 Å². The van der Waals surface area contributed by atoms with Crippen LogP contribution in [0.1, 0.15) is 44.3 Å². The third-order valence-corrected chi connectivity index (χ3v) is 4.41. The van der Waals surface area contributed by atoms with Crippen LogP contribution in [0.4, 0.5) is 0 Å². The highest BCUT2D eigenvalue weighted by molar-refractivity contribution is 5.81. The predicted octanol–water partition coefficient (Wildman–Crippen LogP) is 1.98. The maximum atomic E-state index is 12.1. The molecule has 0 saturated heterocycles. The summed E-state index contributed by atoms with van der Waals surface area (Å²) in [5, 5.41) is 5.97. The van der Waals surface area contributed by atoms with Gasteiger partial charge in [0.25, 0.3) is 0 Å². The van der Waals surface area contributed by atoms with Crippen molar-refractivity contribution in [1.29, 1.82) is 0 Å². The smallest absolute Gasteiger partial charge is 0.223 e. The minimum Gasteiger partial charge on any atom is -0.467 e. The second-order valence-corrected chi connectivity index (χ2v) is 6.13. The van der Waals surface area contributed by atoms with Crippen LogP contribution in [0, 0.1) is 11.8 Å². The van der Waals surface area contributed by atoms with Gasteiger partial charge in [0, 0.05) is 17.9 Å². The molecule has 1 aromatic heterocycles. The molecular weight excluding hydrogens is 268 g/mol. The lowest BCUT2D eigenvalue weighted by Gasteiger charge is -2.27. The second-order valence-electron chi connectivity index (χ2n) is 6.13. The first-order valence-corrected chi connectivity index (χ1v) is 7.83. The minimum atomic E-state index is 0.0323. The van der Waals surface area contributed by atoms with E-state index in [2.05, 4.69) is 10.6 Å². The van der Waals surface area contributed by atoms with Gasteiger partial charge in [-0.2, -0.15) is 0 Å². The van der Waals surface area contributed by atoms with E-state index >= 15 is 0 Å². The molecule has 0 bridgehead atoms. The molecule has 2 aliphatic rings. The molecule has 2 aliphatic carbocycles. The van der Waals surface area contributed by atoms with Crippen LogP contribution in [0.3, 0.4) is 0 Å². The van der Waals surface area contributed by atoms with Gasteiger partial charge in [-0.3, -0.25) is 9.59 Å². The fourth-order valence-electron chi connectivity index (χ4n) is 2.90. The maximum absolute atomic E-state index is 12.1. The Morgan fingerprint density at radius 3 is 2.29 bits per heavy atom. The Balaban J connectivity index is 1.39. The lowest BCUT2D eigenvalue weighted by atomic mass is 9.81. The molecular formula is C16H22N2O3. The van der Waals surface area contributed by atoms with Gasteiger partial charge in [0.15, 0.2) is 0 Å². The molecule has 114 valence electrons. The predicted molar refractivity (Wildman–Crippen MR) is 77.2 cm³/mol. The summed E-state index contributed by atoms with van der Waals surface area (Å²) in [4.78, 5) is 24.1. The van der Waals surface area contributed by atoms with Crippen molar-refractivity contribution < 1.29 is 14.0 Å². The Hall–Kier alpha value is -1.78. The van der Waals surface area contributed by atoms with Crippen LogP contribution in [0.2, 0.25) is 0 Å². The molecule has 1 aromatic rings. The zero-order valence-electron chi connectivity index (χ0n) is 12.1.